The lowest BCUT2D eigenvalue weighted by Crippen LogP contribution is -2.27. The zero-order chi connectivity index (χ0) is 18.7. The predicted octanol–water partition coefficient (Wildman–Crippen LogP) is 5.53. The van der Waals surface area contributed by atoms with E-state index in [1.165, 1.54) is 8.47 Å². The van der Waals surface area contributed by atoms with Gasteiger partial charge in [-0.05, 0) is 105 Å². The van der Waals surface area contributed by atoms with Crippen molar-refractivity contribution in [3.63, 3.8) is 0 Å². The van der Waals surface area contributed by atoms with Crippen molar-refractivity contribution in [2.45, 2.75) is 13.5 Å². The Kier molecular flexibility index (Phi) is 6.62. The van der Waals surface area contributed by atoms with E-state index >= 15 is 0 Å². The van der Waals surface area contributed by atoms with E-state index in [2.05, 4.69) is 57.3 Å². The summed E-state index contributed by atoms with van der Waals surface area (Å²) in [6, 6.07) is 13.9. The number of benzene rings is 2. The number of carbonyl (C=O) groups is 2. The Hall–Kier alpha value is -1.07. The van der Waals surface area contributed by atoms with Crippen LogP contribution in [0.2, 0.25) is 0 Å². The number of hydrogen-bond donors (Lipinski definition) is 0. The maximum atomic E-state index is 12.2. The van der Waals surface area contributed by atoms with Gasteiger partial charge in [0, 0.05) is 10.1 Å². The molecule has 0 saturated carbocycles. The number of imide groups is 1. The molecule has 4 nitrogen and oxygen atoms in total. The lowest BCUT2D eigenvalue weighted by molar-refractivity contribution is -0.122. The zero-order valence-electron chi connectivity index (χ0n) is 13.9. The minimum Gasteiger partial charge on any atom is -0.488 e. The van der Waals surface area contributed by atoms with Gasteiger partial charge < -0.3 is 4.74 Å². The Morgan fingerprint density at radius 1 is 1.12 bits per heavy atom. The molecule has 0 atom stereocenters. The van der Waals surface area contributed by atoms with E-state index in [4.69, 9.17) is 4.74 Å². The lowest BCUT2D eigenvalue weighted by atomic mass is 10.2. The van der Waals surface area contributed by atoms with Crippen molar-refractivity contribution in [2.24, 2.45) is 0 Å². The molecule has 2 amide bonds. The third kappa shape index (κ3) is 4.61. The molecule has 3 rings (SSSR count). The fraction of sp³-hybridized carbons (Fsp3) is 0.158. The van der Waals surface area contributed by atoms with Crippen molar-refractivity contribution in [2.75, 3.05) is 6.54 Å². The molecule has 1 fully saturated rings. The molecule has 0 spiro atoms. The van der Waals surface area contributed by atoms with Gasteiger partial charge in [-0.2, -0.15) is 0 Å². The Labute approximate surface area is 183 Å². The van der Waals surface area contributed by atoms with Crippen LogP contribution in [0.4, 0.5) is 4.79 Å². The second-order valence-electron chi connectivity index (χ2n) is 5.53. The van der Waals surface area contributed by atoms with Crippen molar-refractivity contribution in [1.29, 1.82) is 0 Å². The van der Waals surface area contributed by atoms with Crippen LogP contribution in [0.25, 0.3) is 6.08 Å². The zero-order valence-corrected chi connectivity index (χ0v) is 19.0. The van der Waals surface area contributed by atoms with Crippen molar-refractivity contribution in [3.8, 4) is 5.75 Å². The first-order valence-corrected chi connectivity index (χ1v) is 10.9. The second kappa shape index (κ2) is 8.75. The van der Waals surface area contributed by atoms with Crippen LogP contribution in [-0.4, -0.2) is 22.6 Å². The molecule has 0 unspecified atom stereocenters. The SMILES string of the molecule is CCN1C(=O)S/C(=C/c2ccc(OCc3ccc(I)cc3)c(I)c2)C1=O. The highest BCUT2D eigenvalue weighted by molar-refractivity contribution is 14.1. The first-order chi connectivity index (χ1) is 12.5. The summed E-state index contributed by atoms with van der Waals surface area (Å²) in [4.78, 5) is 25.7. The van der Waals surface area contributed by atoms with E-state index < -0.39 is 0 Å². The van der Waals surface area contributed by atoms with Crippen LogP contribution < -0.4 is 4.74 Å². The molecule has 0 aromatic heterocycles. The quantitative estimate of drug-likeness (QED) is 0.339. The minimum absolute atomic E-state index is 0.212. The molecule has 2 aromatic carbocycles. The van der Waals surface area contributed by atoms with Crippen LogP contribution in [-0.2, 0) is 11.4 Å². The first kappa shape index (κ1) is 19.7. The maximum absolute atomic E-state index is 12.2. The van der Waals surface area contributed by atoms with Crippen molar-refractivity contribution < 1.29 is 14.3 Å². The van der Waals surface area contributed by atoms with Gasteiger partial charge in [-0.25, -0.2) is 0 Å². The molecule has 2 aromatic rings. The third-order valence-corrected chi connectivity index (χ3v) is 6.22. The molecule has 1 aliphatic heterocycles. The largest absolute Gasteiger partial charge is 0.488 e. The number of rotatable bonds is 5. The number of amides is 2. The monoisotopic (exact) mass is 591 g/mol. The molecular formula is C19H15I2NO3S. The van der Waals surface area contributed by atoms with Crippen LogP contribution >= 0.6 is 56.9 Å². The van der Waals surface area contributed by atoms with Crippen LogP contribution in [0.3, 0.4) is 0 Å². The molecule has 0 aliphatic carbocycles. The summed E-state index contributed by atoms with van der Waals surface area (Å²) in [6.07, 6.45) is 1.76. The van der Waals surface area contributed by atoms with Crippen molar-refractivity contribution in [1.82, 2.24) is 4.90 Å². The Morgan fingerprint density at radius 3 is 2.46 bits per heavy atom. The van der Waals surface area contributed by atoms with E-state index in [0.717, 1.165) is 32.2 Å². The smallest absolute Gasteiger partial charge is 0.293 e. The summed E-state index contributed by atoms with van der Waals surface area (Å²) < 4.78 is 8.04. The number of nitrogens with zero attached hydrogens (tertiary/aromatic N) is 1. The normalized spacial score (nSPS) is 15.8. The highest BCUT2D eigenvalue weighted by Crippen LogP contribution is 2.33. The number of hydrogen-bond acceptors (Lipinski definition) is 4. The highest BCUT2D eigenvalue weighted by Gasteiger charge is 2.33. The number of carbonyl (C=O) groups excluding carboxylic acids is 2. The summed E-state index contributed by atoms with van der Waals surface area (Å²) in [5.41, 5.74) is 1.98. The molecule has 134 valence electrons. The van der Waals surface area contributed by atoms with Crippen LogP contribution in [0.15, 0.2) is 47.4 Å². The molecule has 1 aliphatic rings. The molecular weight excluding hydrogens is 576 g/mol. The number of likely N-dealkylation sites (N-methyl/N-ethyl adjacent to an activating group) is 1. The van der Waals surface area contributed by atoms with Gasteiger partial charge >= 0.3 is 0 Å². The molecule has 0 bridgehead atoms. The predicted molar refractivity (Wildman–Crippen MR) is 121 cm³/mol. The highest BCUT2D eigenvalue weighted by atomic mass is 127. The summed E-state index contributed by atoms with van der Waals surface area (Å²) in [6.45, 7) is 2.69. The molecule has 0 radical (unpaired) electrons. The topological polar surface area (TPSA) is 46.6 Å². The third-order valence-electron chi connectivity index (χ3n) is 3.75. The van der Waals surface area contributed by atoms with Crippen molar-refractivity contribution in [3.05, 3.63) is 65.6 Å². The summed E-state index contributed by atoms with van der Waals surface area (Å²) in [5, 5.41) is -0.212. The average molecular weight is 591 g/mol. The van der Waals surface area contributed by atoms with E-state index in [-0.39, 0.29) is 11.1 Å². The van der Waals surface area contributed by atoms with Crippen molar-refractivity contribution >= 4 is 74.2 Å². The summed E-state index contributed by atoms with van der Waals surface area (Å²) in [5.74, 6) is 0.569. The van der Waals surface area contributed by atoms with Gasteiger partial charge in [0.05, 0.1) is 8.48 Å². The van der Waals surface area contributed by atoms with Crippen LogP contribution in [0.1, 0.15) is 18.1 Å². The van der Waals surface area contributed by atoms with E-state index in [1.54, 1.807) is 13.0 Å². The van der Waals surface area contributed by atoms with E-state index in [0.29, 0.717) is 18.1 Å². The Morgan fingerprint density at radius 2 is 1.85 bits per heavy atom. The molecule has 7 heteroatoms. The molecule has 1 heterocycles. The van der Waals surface area contributed by atoms with Crippen LogP contribution in [0.5, 0.6) is 5.75 Å². The second-order valence-corrected chi connectivity index (χ2v) is 8.93. The van der Waals surface area contributed by atoms with Gasteiger partial charge in [-0.3, -0.25) is 14.5 Å². The van der Waals surface area contributed by atoms with Gasteiger partial charge in [0.15, 0.2) is 0 Å². The molecule has 26 heavy (non-hydrogen) atoms. The first-order valence-electron chi connectivity index (χ1n) is 7.90. The van der Waals surface area contributed by atoms with Gasteiger partial charge in [0.2, 0.25) is 0 Å². The van der Waals surface area contributed by atoms with E-state index in [1.807, 2.05) is 30.3 Å². The summed E-state index contributed by atoms with van der Waals surface area (Å²) >= 11 is 5.48. The number of halogens is 2. The Balaban J connectivity index is 1.71. The average Bonchev–Trinajstić information content (AvgIpc) is 2.88. The summed E-state index contributed by atoms with van der Waals surface area (Å²) in [7, 11) is 0. The van der Waals surface area contributed by atoms with Gasteiger partial charge in [-0.1, -0.05) is 18.2 Å². The number of thioether (sulfide) groups is 1. The van der Waals surface area contributed by atoms with E-state index in [9.17, 15) is 9.59 Å². The minimum atomic E-state index is -0.225. The fourth-order valence-corrected chi connectivity index (χ4v) is 4.35. The maximum Gasteiger partial charge on any atom is 0.293 e. The molecule has 1 saturated heterocycles. The van der Waals surface area contributed by atoms with Crippen LogP contribution in [0, 0.1) is 7.14 Å². The molecule has 0 N–H and O–H groups in total. The number of ether oxygens (including phenoxy) is 1. The van der Waals surface area contributed by atoms with Gasteiger partial charge in [0.1, 0.15) is 12.4 Å². The van der Waals surface area contributed by atoms with Gasteiger partial charge in [-0.15, -0.1) is 0 Å². The lowest BCUT2D eigenvalue weighted by Gasteiger charge is -2.09. The standard InChI is InChI=1S/C19H15I2NO3S/c1-2-22-18(23)17(26-19(22)24)10-13-5-8-16(15(21)9-13)25-11-12-3-6-14(20)7-4-12/h3-10H,2,11H2,1H3/b17-10+. The fourth-order valence-electron chi connectivity index (χ4n) is 2.39. The van der Waals surface area contributed by atoms with Gasteiger partial charge in [0.25, 0.3) is 11.1 Å². The Bertz CT molecular complexity index is 881.